The van der Waals surface area contributed by atoms with Crippen molar-refractivity contribution < 1.29 is 9.90 Å². The Morgan fingerprint density at radius 1 is 1.40 bits per heavy atom. The fraction of sp³-hybridized carbons (Fsp3) is 0.385. The summed E-state index contributed by atoms with van der Waals surface area (Å²) in [5.41, 5.74) is 1.55. The number of rotatable bonds is 6. The molecule has 2 N–H and O–H groups in total. The maximum Gasteiger partial charge on any atom is 0.224 e. The van der Waals surface area contributed by atoms with Gasteiger partial charge in [0.25, 0.3) is 0 Å². The van der Waals surface area contributed by atoms with Gasteiger partial charge in [-0.05, 0) is 35.4 Å². The summed E-state index contributed by atoms with van der Waals surface area (Å²) in [7, 11) is 1.76. The van der Waals surface area contributed by atoms with Crippen LogP contribution in [0.2, 0.25) is 0 Å². The van der Waals surface area contributed by atoms with Crippen molar-refractivity contribution in [2.24, 2.45) is 7.05 Å². The predicted molar refractivity (Wildman–Crippen MR) is 73.8 cm³/mol. The molecule has 0 radical (unpaired) electrons. The summed E-state index contributed by atoms with van der Waals surface area (Å²) in [6, 6.07) is 7.37. The quantitative estimate of drug-likeness (QED) is 0.766. The van der Waals surface area contributed by atoms with Gasteiger partial charge in [0.2, 0.25) is 5.91 Å². The molecule has 0 unspecified atom stereocenters. The molecule has 0 bridgehead atoms. The molecule has 0 saturated heterocycles. The molecule has 0 aliphatic carbocycles. The van der Waals surface area contributed by atoms with Crippen molar-refractivity contribution in [3.63, 3.8) is 0 Å². The van der Waals surface area contributed by atoms with Crippen molar-refractivity contribution in [3.05, 3.63) is 24.3 Å². The molecule has 1 amide bonds. The van der Waals surface area contributed by atoms with Crippen LogP contribution in [-0.4, -0.2) is 37.8 Å². The predicted octanol–water partition coefficient (Wildman–Crippen LogP) is 0.978. The first-order valence-electron chi connectivity index (χ1n) is 6.44. The van der Waals surface area contributed by atoms with E-state index in [4.69, 9.17) is 5.11 Å². The highest BCUT2D eigenvalue weighted by atomic mass is 16.3. The zero-order valence-corrected chi connectivity index (χ0v) is 11.3. The minimum Gasteiger partial charge on any atom is -0.396 e. The fourth-order valence-electron chi connectivity index (χ4n) is 1.83. The summed E-state index contributed by atoms with van der Waals surface area (Å²) in [6.45, 7) is 0.113. The summed E-state index contributed by atoms with van der Waals surface area (Å²) < 4.78 is 1.57. The minimum atomic E-state index is -0.0632. The summed E-state index contributed by atoms with van der Waals surface area (Å²) >= 11 is 0. The molecule has 7 nitrogen and oxygen atoms in total. The van der Waals surface area contributed by atoms with Gasteiger partial charge in [0.1, 0.15) is 0 Å². The summed E-state index contributed by atoms with van der Waals surface area (Å²) in [5, 5.41) is 22.8. The number of carbonyl (C=O) groups excluding carboxylic acids is 1. The maximum atomic E-state index is 11.7. The van der Waals surface area contributed by atoms with Crippen LogP contribution < -0.4 is 5.32 Å². The molecular formula is C13H17N5O2. The minimum absolute atomic E-state index is 0.0632. The second-order valence-corrected chi connectivity index (χ2v) is 4.44. The average molecular weight is 275 g/mol. The van der Waals surface area contributed by atoms with E-state index in [0.29, 0.717) is 30.8 Å². The number of amides is 1. The molecule has 2 aromatic rings. The van der Waals surface area contributed by atoms with Gasteiger partial charge in [0, 0.05) is 31.3 Å². The zero-order chi connectivity index (χ0) is 14.4. The molecule has 0 atom stereocenters. The molecule has 1 aromatic heterocycles. The smallest absolute Gasteiger partial charge is 0.224 e. The lowest BCUT2D eigenvalue weighted by Crippen LogP contribution is -2.11. The maximum absolute atomic E-state index is 11.7. The van der Waals surface area contributed by atoms with Gasteiger partial charge in [-0.2, -0.15) is 0 Å². The first kappa shape index (κ1) is 14.1. The highest BCUT2D eigenvalue weighted by Crippen LogP contribution is 2.19. The summed E-state index contributed by atoms with van der Waals surface area (Å²) in [5.74, 6) is 0.577. The van der Waals surface area contributed by atoms with Gasteiger partial charge in [-0.25, -0.2) is 4.68 Å². The van der Waals surface area contributed by atoms with E-state index < -0.39 is 0 Å². The highest BCUT2D eigenvalue weighted by Gasteiger charge is 2.07. The number of nitrogens with zero attached hydrogens (tertiary/aromatic N) is 4. The normalized spacial score (nSPS) is 10.5. The van der Waals surface area contributed by atoms with Crippen molar-refractivity contribution in [2.45, 2.75) is 19.3 Å². The van der Waals surface area contributed by atoms with Gasteiger partial charge >= 0.3 is 0 Å². The van der Waals surface area contributed by atoms with Gasteiger partial charge in [0.05, 0.1) is 0 Å². The second-order valence-electron chi connectivity index (χ2n) is 4.44. The Morgan fingerprint density at radius 2 is 2.25 bits per heavy atom. The number of aliphatic hydroxyl groups excluding tert-OH is 1. The lowest BCUT2D eigenvalue weighted by atomic mass is 10.2. The molecule has 0 aliphatic rings. The van der Waals surface area contributed by atoms with Crippen LogP contribution in [0.1, 0.15) is 19.3 Å². The second kappa shape index (κ2) is 6.76. The van der Waals surface area contributed by atoms with Crippen LogP contribution in [0.3, 0.4) is 0 Å². The van der Waals surface area contributed by atoms with Crippen LogP contribution >= 0.6 is 0 Å². The number of aryl methyl sites for hydroxylation is 1. The lowest BCUT2D eigenvalue weighted by molar-refractivity contribution is -0.116. The van der Waals surface area contributed by atoms with Crippen molar-refractivity contribution in [2.75, 3.05) is 11.9 Å². The van der Waals surface area contributed by atoms with E-state index in [0.717, 1.165) is 5.56 Å². The van der Waals surface area contributed by atoms with Crippen LogP contribution in [0.15, 0.2) is 24.3 Å². The van der Waals surface area contributed by atoms with E-state index in [2.05, 4.69) is 20.8 Å². The van der Waals surface area contributed by atoms with Gasteiger partial charge < -0.3 is 10.4 Å². The third-order valence-corrected chi connectivity index (χ3v) is 2.84. The Balaban J connectivity index is 2.03. The molecule has 2 rings (SSSR count). The number of carbonyl (C=O) groups is 1. The van der Waals surface area contributed by atoms with Crippen LogP contribution in [0, 0.1) is 0 Å². The number of unbranched alkanes of at least 4 members (excludes halogenated alkanes) is 1. The summed E-state index contributed by atoms with van der Waals surface area (Å²) in [6.07, 6.45) is 1.71. The van der Waals surface area contributed by atoms with E-state index in [9.17, 15) is 4.79 Å². The number of hydrogen-bond donors (Lipinski definition) is 2. The topological polar surface area (TPSA) is 92.9 Å². The molecule has 1 aromatic carbocycles. The third-order valence-electron chi connectivity index (χ3n) is 2.84. The molecule has 0 spiro atoms. The molecule has 0 saturated carbocycles. The van der Waals surface area contributed by atoms with E-state index in [-0.39, 0.29) is 12.5 Å². The number of tetrazole rings is 1. The van der Waals surface area contributed by atoms with Crippen molar-refractivity contribution in [3.8, 4) is 11.4 Å². The van der Waals surface area contributed by atoms with Crippen molar-refractivity contribution in [1.29, 1.82) is 0 Å². The summed E-state index contributed by atoms with van der Waals surface area (Å²) in [4.78, 5) is 11.7. The number of anilines is 1. The van der Waals surface area contributed by atoms with E-state index in [1.165, 1.54) is 0 Å². The monoisotopic (exact) mass is 275 g/mol. The molecule has 106 valence electrons. The first-order chi connectivity index (χ1) is 9.70. The number of hydrogen-bond acceptors (Lipinski definition) is 5. The molecule has 1 heterocycles. The van der Waals surface area contributed by atoms with Gasteiger partial charge in [0.15, 0.2) is 5.82 Å². The largest absolute Gasteiger partial charge is 0.396 e. The zero-order valence-electron chi connectivity index (χ0n) is 11.3. The van der Waals surface area contributed by atoms with Crippen LogP contribution in [0.4, 0.5) is 5.69 Å². The molecule has 20 heavy (non-hydrogen) atoms. The van der Waals surface area contributed by atoms with E-state index in [1.54, 1.807) is 11.7 Å². The van der Waals surface area contributed by atoms with Crippen molar-refractivity contribution in [1.82, 2.24) is 20.2 Å². The average Bonchev–Trinajstić information content (AvgIpc) is 2.85. The molecule has 7 heteroatoms. The van der Waals surface area contributed by atoms with Crippen LogP contribution in [-0.2, 0) is 11.8 Å². The Bertz CT molecular complexity index is 582. The molecule has 0 fully saturated rings. The van der Waals surface area contributed by atoms with Crippen LogP contribution in [0.25, 0.3) is 11.4 Å². The third kappa shape index (κ3) is 3.61. The first-order valence-corrected chi connectivity index (χ1v) is 6.44. The SMILES string of the molecule is Cn1nnnc1-c1cccc(NC(=O)CCCCO)c1. The Morgan fingerprint density at radius 3 is 2.95 bits per heavy atom. The molecule has 0 aliphatic heterocycles. The highest BCUT2D eigenvalue weighted by molar-refractivity contribution is 5.91. The lowest BCUT2D eigenvalue weighted by Gasteiger charge is -2.06. The van der Waals surface area contributed by atoms with E-state index >= 15 is 0 Å². The van der Waals surface area contributed by atoms with E-state index in [1.807, 2.05) is 24.3 Å². The number of aliphatic hydroxyl groups is 1. The Labute approximate surface area is 116 Å². The standard InChI is InChI=1S/C13H17N5O2/c1-18-13(15-16-17-18)10-5-4-6-11(9-10)14-12(20)7-2-3-8-19/h4-6,9,19H,2-3,7-8H2,1H3,(H,14,20). The molecular weight excluding hydrogens is 258 g/mol. The van der Waals surface area contributed by atoms with Gasteiger partial charge in [-0.1, -0.05) is 12.1 Å². The number of benzene rings is 1. The Kier molecular flexibility index (Phi) is 4.78. The van der Waals surface area contributed by atoms with Gasteiger partial charge in [-0.15, -0.1) is 5.10 Å². The van der Waals surface area contributed by atoms with Gasteiger partial charge in [-0.3, -0.25) is 4.79 Å². The fourth-order valence-corrected chi connectivity index (χ4v) is 1.83. The van der Waals surface area contributed by atoms with Crippen LogP contribution in [0.5, 0.6) is 0 Å². The Hall–Kier alpha value is -2.28. The number of nitrogens with one attached hydrogen (secondary N) is 1. The van der Waals surface area contributed by atoms with Crippen molar-refractivity contribution >= 4 is 11.6 Å². The number of aromatic nitrogens is 4.